The molecule has 11 heteroatoms. The number of aryl methyl sites for hydroxylation is 2. The van der Waals surface area contributed by atoms with Crippen molar-refractivity contribution in [3.63, 3.8) is 0 Å². The molecule has 0 aliphatic heterocycles. The van der Waals surface area contributed by atoms with Gasteiger partial charge in [-0.05, 0) is 79.6 Å². The zero-order chi connectivity index (χ0) is 28.2. The van der Waals surface area contributed by atoms with E-state index in [2.05, 4.69) is 26.0 Å². The number of rotatable bonds is 9. The summed E-state index contributed by atoms with van der Waals surface area (Å²) in [7, 11) is -7.92. The number of carbonyl (C=O) groups is 1. The first-order chi connectivity index (χ1) is 18.5. The summed E-state index contributed by atoms with van der Waals surface area (Å²) in [5.74, 6) is -0.598. The molecule has 0 unspecified atom stereocenters. The molecule has 0 fully saturated rings. The Morgan fingerprint density at radius 2 is 1.38 bits per heavy atom. The number of hydrogen-bond acceptors (Lipinski definition) is 5. The number of carbonyl (C=O) groups excluding carboxylic acids is 1. The van der Waals surface area contributed by atoms with Gasteiger partial charge in [0.25, 0.3) is 20.0 Å². The Morgan fingerprint density at radius 1 is 0.769 bits per heavy atom. The first-order valence-corrected chi connectivity index (χ1v) is 15.5. The maximum Gasteiger partial charge on any atom is 0.264 e. The minimum Gasteiger partial charge on any atom is -0.325 e. The predicted octanol–water partition coefficient (Wildman–Crippen LogP) is 5.70. The van der Waals surface area contributed by atoms with Crippen LogP contribution in [-0.4, -0.2) is 29.3 Å². The summed E-state index contributed by atoms with van der Waals surface area (Å²) in [6.45, 7) is 3.14. The van der Waals surface area contributed by atoms with Gasteiger partial charge < -0.3 is 5.32 Å². The zero-order valence-corrected chi connectivity index (χ0v) is 24.3. The van der Waals surface area contributed by atoms with Gasteiger partial charge >= 0.3 is 0 Å². The number of benzene rings is 4. The van der Waals surface area contributed by atoms with Gasteiger partial charge in [0.15, 0.2) is 0 Å². The largest absolute Gasteiger partial charge is 0.325 e. The number of hydrogen-bond donors (Lipinski definition) is 2. The van der Waals surface area contributed by atoms with Crippen LogP contribution in [0.1, 0.15) is 11.1 Å². The Hall–Kier alpha value is -3.67. The van der Waals surface area contributed by atoms with Gasteiger partial charge in [-0.25, -0.2) is 16.8 Å². The average Bonchev–Trinajstić information content (AvgIpc) is 2.90. The molecular weight excluding hydrogens is 602 g/mol. The molecule has 4 rings (SSSR count). The molecule has 0 radical (unpaired) electrons. The second-order valence-corrected chi connectivity index (χ2v) is 13.2. The van der Waals surface area contributed by atoms with E-state index in [0.29, 0.717) is 21.5 Å². The molecule has 0 heterocycles. The molecule has 0 spiro atoms. The van der Waals surface area contributed by atoms with E-state index in [-0.39, 0.29) is 9.79 Å². The summed E-state index contributed by atoms with van der Waals surface area (Å²) >= 11 is 3.35. The number of nitrogens with zero attached hydrogens (tertiary/aromatic N) is 1. The van der Waals surface area contributed by atoms with Crippen LogP contribution in [0.4, 0.5) is 17.1 Å². The quantitative estimate of drug-likeness (QED) is 0.247. The second kappa shape index (κ2) is 11.6. The first-order valence-electron chi connectivity index (χ1n) is 11.8. The molecule has 0 aliphatic carbocycles. The summed E-state index contributed by atoms with van der Waals surface area (Å²) in [5, 5.41) is 2.65. The molecule has 39 heavy (non-hydrogen) atoms. The molecule has 0 aliphatic rings. The Morgan fingerprint density at radius 3 is 2.00 bits per heavy atom. The van der Waals surface area contributed by atoms with Crippen molar-refractivity contribution in [1.82, 2.24) is 0 Å². The third-order valence-electron chi connectivity index (χ3n) is 5.88. The Labute approximate surface area is 236 Å². The first kappa shape index (κ1) is 28.3. The van der Waals surface area contributed by atoms with Gasteiger partial charge in [0, 0.05) is 10.2 Å². The summed E-state index contributed by atoms with van der Waals surface area (Å²) in [6.07, 6.45) is 0. The molecule has 0 bridgehead atoms. The highest BCUT2D eigenvalue weighted by Gasteiger charge is 2.27. The van der Waals surface area contributed by atoms with Crippen LogP contribution in [0.2, 0.25) is 0 Å². The molecule has 202 valence electrons. The van der Waals surface area contributed by atoms with Crippen molar-refractivity contribution in [2.24, 2.45) is 0 Å². The fourth-order valence-corrected chi connectivity index (χ4v) is 6.91. The highest BCUT2D eigenvalue weighted by atomic mass is 79.9. The number of sulfonamides is 2. The molecule has 0 saturated carbocycles. The van der Waals surface area contributed by atoms with E-state index in [1.807, 2.05) is 32.0 Å². The van der Waals surface area contributed by atoms with E-state index < -0.39 is 32.5 Å². The minimum atomic E-state index is -4.06. The van der Waals surface area contributed by atoms with Crippen LogP contribution in [0.5, 0.6) is 0 Å². The third-order valence-corrected chi connectivity index (χ3v) is 9.53. The zero-order valence-electron chi connectivity index (χ0n) is 21.1. The molecule has 0 saturated heterocycles. The van der Waals surface area contributed by atoms with Crippen molar-refractivity contribution in [2.45, 2.75) is 23.6 Å². The SMILES string of the molecule is Cc1cccc(C)c1NS(=O)(=O)c1ccc(NC(=O)CN(c2cccc(Br)c2)S(=O)(=O)c2ccccc2)cc1. The van der Waals surface area contributed by atoms with Crippen LogP contribution in [0.15, 0.2) is 111 Å². The minimum absolute atomic E-state index is 0.0190. The molecule has 1 amide bonds. The van der Waals surface area contributed by atoms with E-state index in [1.54, 1.807) is 42.5 Å². The summed E-state index contributed by atoms with van der Waals surface area (Å²) in [5.41, 5.74) is 2.73. The Balaban J connectivity index is 1.54. The standard InChI is InChI=1S/C28H26BrN3O5S2/c1-20-8-6-9-21(2)28(20)31-38(34,35)25-16-14-23(15-17-25)30-27(33)19-32(24-11-7-10-22(29)18-24)39(36,37)26-12-4-3-5-13-26/h3-18,31H,19H2,1-2H3,(H,30,33). The van der Waals surface area contributed by atoms with Crippen LogP contribution >= 0.6 is 15.9 Å². The lowest BCUT2D eigenvalue weighted by molar-refractivity contribution is -0.114. The van der Waals surface area contributed by atoms with Gasteiger partial charge in [0.2, 0.25) is 5.91 Å². The number of nitrogens with one attached hydrogen (secondary N) is 2. The molecule has 0 aromatic heterocycles. The van der Waals surface area contributed by atoms with Gasteiger partial charge in [-0.15, -0.1) is 0 Å². The lowest BCUT2D eigenvalue weighted by Gasteiger charge is -2.24. The van der Waals surface area contributed by atoms with Crippen molar-refractivity contribution in [3.05, 3.63) is 113 Å². The van der Waals surface area contributed by atoms with Gasteiger partial charge in [-0.1, -0.05) is 58.4 Å². The van der Waals surface area contributed by atoms with Crippen LogP contribution in [0.3, 0.4) is 0 Å². The molecule has 2 N–H and O–H groups in total. The van der Waals surface area contributed by atoms with Crippen molar-refractivity contribution in [2.75, 3.05) is 20.9 Å². The number of halogens is 1. The number of anilines is 3. The van der Waals surface area contributed by atoms with Crippen LogP contribution < -0.4 is 14.3 Å². The van der Waals surface area contributed by atoms with E-state index >= 15 is 0 Å². The highest BCUT2D eigenvalue weighted by molar-refractivity contribution is 9.10. The van der Waals surface area contributed by atoms with Crippen molar-refractivity contribution < 1.29 is 21.6 Å². The second-order valence-electron chi connectivity index (χ2n) is 8.75. The monoisotopic (exact) mass is 627 g/mol. The van der Waals surface area contributed by atoms with Crippen LogP contribution in [0.25, 0.3) is 0 Å². The van der Waals surface area contributed by atoms with Crippen LogP contribution in [-0.2, 0) is 24.8 Å². The third kappa shape index (κ3) is 6.67. The lowest BCUT2D eigenvalue weighted by atomic mass is 10.1. The highest BCUT2D eigenvalue weighted by Crippen LogP contribution is 2.27. The normalized spacial score (nSPS) is 11.6. The average molecular weight is 629 g/mol. The molecule has 0 atom stereocenters. The van der Waals surface area contributed by atoms with Gasteiger partial charge in [0.1, 0.15) is 6.54 Å². The van der Waals surface area contributed by atoms with E-state index in [1.165, 1.54) is 36.4 Å². The van der Waals surface area contributed by atoms with Gasteiger partial charge in [-0.3, -0.25) is 13.8 Å². The summed E-state index contributed by atoms with van der Waals surface area (Å²) in [6, 6.07) is 25.6. The Bertz CT molecular complexity index is 1690. The molecule has 4 aromatic rings. The van der Waals surface area contributed by atoms with E-state index in [4.69, 9.17) is 0 Å². The van der Waals surface area contributed by atoms with Crippen molar-refractivity contribution >= 4 is 58.9 Å². The Kier molecular flexibility index (Phi) is 8.43. The summed E-state index contributed by atoms with van der Waals surface area (Å²) in [4.78, 5) is 13.1. The summed E-state index contributed by atoms with van der Waals surface area (Å²) < 4.78 is 57.1. The fraction of sp³-hybridized carbons (Fsp3) is 0.107. The van der Waals surface area contributed by atoms with Crippen molar-refractivity contribution in [1.29, 1.82) is 0 Å². The lowest BCUT2D eigenvalue weighted by Crippen LogP contribution is -2.38. The van der Waals surface area contributed by atoms with Crippen molar-refractivity contribution in [3.8, 4) is 0 Å². The number of amides is 1. The number of para-hydroxylation sites is 1. The maximum absolute atomic E-state index is 13.4. The van der Waals surface area contributed by atoms with E-state index in [0.717, 1.165) is 15.4 Å². The molecule has 4 aromatic carbocycles. The van der Waals surface area contributed by atoms with Crippen LogP contribution in [0, 0.1) is 13.8 Å². The van der Waals surface area contributed by atoms with Gasteiger partial charge in [-0.2, -0.15) is 0 Å². The van der Waals surface area contributed by atoms with E-state index in [9.17, 15) is 21.6 Å². The maximum atomic E-state index is 13.4. The fourth-order valence-electron chi connectivity index (χ4n) is 3.88. The molecular formula is C28H26BrN3O5S2. The van der Waals surface area contributed by atoms with Gasteiger partial charge in [0.05, 0.1) is 21.2 Å². The molecule has 8 nitrogen and oxygen atoms in total. The predicted molar refractivity (Wildman–Crippen MR) is 157 cm³/mol. The topological polar surface area (TPSA) is 113 Å². The smallest absolute Gasteiger partial charge is 0.264 e.